The quantitative estimate of drug-likeness (QED) is 0.823. The van der Waals surface area contributed by atoms with Gasteiger partial charge in [0.2, 0.25) is 0 Å². The zero-order chi connectivity index (χ0) is 12.5. The fourth-order valence-corrected chi connectivity index (χ4v) is 4.82. The van der Waals surface area contributed by atoms with Gasteiger partial charge >= 0.3 is 0 Å². The lowest BCUT2D eigenvalue weighted by molar-refractivity contribution is 0.00272. The number of hydrogen-bond donors (Lipinski definition) is 1. The third-order valence-corrected chi connectivity index (χ3v) is 6.10. The van der Waals surface area contributed by atoms with Gasteiger partial charge in [-0.2, -0.15) is 11.8 Å². The summed E-state index contributed by atoms with van der Waals surface area (Å²) in [6.45, 7) is 10.5. The molecule has 4 unspecified atom stereocenters. The van der Waals surface area contributed by atoms with Crippen molar-refractivity contribution < 1.29 is 0 Å². The van der Waals surface area contributed by atoms with Crippen LogP contribution in [0.3, 0.4) is 0 Å². The van der Waals surface area contributed by atoms with E-state index in [0.717, 1.165) is 23.6 Å². The van der Waals surface area contributed by atoms with Crippen LogP contribution in [0.4, 0.5) is 0 Å². The second-order valence-electron chi connectivity index (χ2n) is 6.22. The van der Waals surface area contributed by atoms with Gasteiger partial charge in [-0.15, -0.1) is 0 Å². The van der Waals surface area contributed by atoms with E-state index in [4.69, 9.17) is 5.73 Å². The molecule has 1 heterocycles. The minimum atomic E-state index is 0.307. The van der Waals surface area contributed by atoms with E-state index in [2.05, 4.69) is 37.4 Å². The average molecular weight is 256 g/mol. The van der Waals surface area contributed by atoms with Crippen molar-refractivity contribution in [2.75, 3.05) is 25.4 Å². The fourth-order valence-electron chi connectivity index (χ4n) is 3.81. The summed E-state index contributed by atoms with van der Waals surface area (Å²) in [6, 6.07) is 0. The second kappa shape index (κ2) is 5.50. The third kappa shape index (κ3) is 2.66. The highest BCUT2D eigenvalue weighted by Crippen LogP contribution is 2.41. The Kier molecular flexibility index (Phi) is 4.43. The Morgan fingerprint density at radius 3 is 2.71 bits per heavy atom. The Morgan fingerprint density at radius 1 is 1.35 bits per heavy atom. The molecule has 0 aromatic heterocycles. The molecule has 1 aliphatic heterocycles. The van der Waals surface area contributed by atoms with Crippen molar-refractivity contribution in [3.05, 3.63) is 0 Å². The molecule has 1 saturated heterocycles. The highest BCUT2D eigenvalue weighted by molar-refractivity contribution is 7.99. The zero-order valence-corrected chi connectivity index (χ0v) is 12.4. The van der Waals surface area contributed by atoms with Crippen LogP contribution >= 0.6 is 11.8 Å². The fraction of sp³-hybridized carbons (Fsp3) is 1.00. The lowest BCUT2D eigenvalue weighted by Crippen LogP contribution is -2.62. The molecule has 100 valence electrons. The van der Waals surface area contributed by atoms with E-state index in [1.54, 1.807) is 0 Å². The normalized spacial score (nSPS) is 44.8. The van der Waals surface area contributed by atoms with Gasteiger partial charge in [-0.05, 0) is 31.1 Å². The maximum atomic E-state index is 6.20. The van der Waals surface area contributed by atoms with Gasteiger partial charge in [0, 0.05) is 36.2 Å². The second-order valence-corrected chi connectivity index (χ2v) is 7.76. The minimum absolute atomic E-state index is 0.307. The number of hydrogen-bond acceptors (Lipinski definition) is 3. The molecule has 3 heteroatoms. The van der Waals surface area contributed by atoms with Crippen molar-refractivity contribution >= 4 is 11.8 Å². The lowest BCUT2D eigenvalue weighted by Gasteiger charge is -2.53. The Hall–Kier alpha value is 0.270. The summed E-state index contributed by atoms with van der Waals surface area (Å²) >= 11 is 2.11. The highest BCUT2D eigenvalue weighted by atomic mass is 32.2. The molecule has 0 aromatic rings. The molecule has 0 amide bonds. The molecular formula is C14H28N2S. The van der Waals surface area contributed by atoms with Gasteiger partial charge in [0.15, 0.2) is 0 Å². The van der Waals surface area contributed by atoms with Crippen molar-refractivity contribution in [1.29, 1.82) is 0 Å². The van der Waals surface area contributed by atoms with Gasteiger partial charge in [-0.3, -0.25) is 4.90 Å². The summed E-state index contributed by atoms with van der Waals surface area (Å²) < 4.78 is 0. The van der Waals surface area contributed by atoms with Crippen molar-refractivity contribution in [2.45, 2.75) is 50.8 Å². The molecule has 0 spiro atoms. The first kappa shape index (κ1) is 13.7. The molecule has 0 aromatic carbocycles. The number of nitrogens with two attached hydrogens (primary N) is 1. The van der Waals surface area contributed by atoms with Crippen molar-refractivity contribution in [1.82, 2.24) is 4.90 Å². The first-order chi connectivity index (χ1) is 8.08. The number of thioether (sulfide) groups is 1. The third-order valence-electron chi connectivity index (χ3n) is 4.97. The highest BCUT2D eigenvalue weighted by Gasteiger charge is 2.44. The summed E-state index contributed by atoms with van der Waals surface area (Å²) in [7, 11) is 0. The SMILES string of the molecule is CC1CCC(CN)(N2CCSC(C)C2)C(C)C1. The van der Waals surface area contributed by atoms with E-state index >= 15 is 0 Å². The van der Waals surface area contributed by atoms with Crippen LogP contribution in [0.5, 0.6) is 0 Å². The van der Waals surface area contributed by atoms with E-state index in [0.29, 0.717) is 5.54 Å². The van der Waals surface area contributed by atoms with E-state index in [-0.39, 0.29) is 0 Å². The van der Waals surface area contributed by atoms with Crippen molar-refractivity contribution in [3.63, 3.8) is 0 Å². The van der Waals surface area contributed by atoms with Gasteiger partial charge in [0.1, 0.15) is 0 Å². The van der Waals surface area contributed by atoms with Crippen LogP contribution in [0.15, 0.2) is 0 Å². The Bertz CT molecular complexity index is 259. The molecule has 2 aliphatic rings. The van der Waals surface area contributed by atoms with Gasteiger partial charge in [0.25, 0.3) is 0 Å². The predicted octanol–water partition coefficient (Wildman–Crippen LogP) is 2.58. The molecule has 2 nitrogen and oxygen atoms in total. The summed E-state index contributed by atoms with van der Waals surface area (Å²) in [4.78, 5) is 2.73. The Labute approximate surface area is 111 Å². The zero-order valence-electron chi connectivity index (χ0n) is 11.6. The summed E-state index contributed by atoms with van der Waals surface area (Å²) in [5, 5.41) is 0.777. The molecular weight excluding hydrogens is 228 g/mol. The molecule has 4 atom stereocenters. The van der Waals surface area contributed by atoms with E-state index in [1.165, 1.54) is 38.1 Å². The van der Waals surface area contributed by atoms with Gasteiger partial charge in [0.05, 0.1) is 0 Å². The van der Waals surface area contributed by atoms with Gasteiger partial charge < -0.3 is 5.73 Å². The number of nitrogens with zero attached hydrogens (tertiary/aromatic N) is 1. The number of rotatable bonds is 2. The summed E-state index contributed by atoms with van der Waals surface area (Å²) in [5.41, 5.74) is 6.51. The van der Waals surface area contributed by atoms with Crippen LogP contribution < -0.4 is 5.73 Å². The predicted molar refractivity (Wildman–Crippen MR) is 77.5 cm³/mol. The van der Waals surface area contributed by atoms with E-state index < -0.39 is 0 Å². The molecule has 1 aliphatic carbocycles. The first-order valence-corrected chi connectivity index (χ1v) is 8.20. The average Bonchev–Trinajstić information content (AvgIpc) is 2.30. The summed E-state index contributed by atoms with van der Waals surface area (Å²) in [6.07, 6.45) is 4.03. The smallest absolute Gasteiger partial charge is 0.0358 e. The van der Waals surface area contributed by atoms with Crippen LogP contribution in [0.1, 0.15) is 40.0 Å². The van der Waals surface area contributed by atoms with Crippen molar-refractivity contribution in [2.24, 2.45) is 17.6 Å². The van der Waals surface area contributed by atoms with Crippen LogP contribution in [0, 0.1) is 11.8 Å². The molecule has 0 radical (unpaired) electrons. The monoisotopic (exact) mass is 256 g/mol. The first-order valence-electron chi connectivity index (χ1n) is 7.15. The van der Waals surface area contributed by atoms with Crippen molar-refractivity contribution in [3.8, 4) is 0 Å². The molecule has 2 rings (SSSR count). The summed E-state index contributed by atoms with van der Waals surface area (Å²) in [5.74, 6) is 2.93. The molecule has 2 fully saturated rings. The molecule has 1 saturated carbocycles. The maximum Gasteiger partial charge on any atom is 0.0358 e. The molecule has 17 heavy (non-hydrogen) atoms. The molecule has 2 N–H and O–H groups in total. The van der Waals surface area contributed by atoms with E-state index in [9.17, 15) is 0 Å². The molecule has 0 bridgehead atoms. The lowest BCUT2D eigenvalue weighted by atomic mass is 9.69. The van der Waals surface area contributed by atoms with Gasteiger partial charge in [-0.1, -0.05) is 20.8 Å². The van der Waals surface area contributed by atoms with Gasteiger partial charge in [-0.25, -0.2) is 0 Å². The Morgan fingerprint density at radius 2 is 2.12 bits per heavy atom. The maximum absolute atomic E-state index is 6.20. The topological polar surface area (TPSA) is 29.3 Å². The minimum Gasteiger partial charge on any atom is -0.329 e. The standard InChI is InChI=1S/C14H28N2S/c1-11-4-5-14(10-15,12(2)8-11)16-6-7-17-13(3)9-16/h11-13H,4-10,15H2,1-3H3. The van der Waals surface area contributed by atoms with E-state index in [1.807, 2.05) is 0 Å². The largest absolute Gasteiger partial charge is 0.329 e. The van der Waals surface area contributed by atoms with Crippen LogP contribution in [-0.2, 0) is 0 Å². The van der Waals surface area contributed by atoms with Crippen LogP contribution in [0.2, 0.25) is 0 Å². The van der Waals surface area contributed by atoms with Crippen LogP contribution in [-0.4, -0.2) is 41.1 Å². The van der Waals surface area contributed by atoms with Crippen LogP contribution in [0.25, 0.3) is 0 Å². The Balaban J connectivity index is 2.12.